The molecule has 176 valence electrons. The number of rotatable bonds is 6. The smallest absolute Gasteiger partial charge is 0.416 e. The van der Waals surface area contributed by atoms with Crippen LogP contribution in [0.25, 0.3) is 0 Å². The lowest BCUT2D eigenvalue weighted by Crippen LogP contribution is -2.42. The number of aromatic nitrogens is 1. The normalized spacial score (nSPS) is 18.7. The van der Waals surface area contributed by atoms with Gasteiger partial charge in [0.25, 0.3) is 0 Å². The summed E-state index contributed by atoms with van der Waals surface area (Å²) in [6.45, 7) is 1.35. The number of carbonyl (C=O) groups is 2. The van der Waals surface area contributed by atoms with Crippen molar-refractivity contribution in [2.45, 2.75) is 18.7 Å². The van der Waals surface area contributed by atoms with Crippen molar-refractivity contribution >= 4 is 17.6 Å². The number of nitrogens with zero attached hydrogens (tertiary/aromatic N) is 4. The molecule has 1 atom stereocenters. The lowest BCUT2D eigenvalue weighted by atomic mass is 10.2. The highest BCUT2D eigenvalue weighted by molar-refractivity contribution is 5.97. The van der Waals surface area contributed by atoms with E-state index < -0.39 is 17.8 Å². The van der Waals surface area contributed by atoms with E-state index >= 15 is 0 Å². The van der Waals surface area contributed by atoms with Crippen LogP contribution in [-0.4, -0.2) is 72.7 Å². The van der Waals surface area contributed by atoms with Crippen LogP contribution in [0.4, 0.5) is 23.7 Å². The predicted molar refractivity (Wildman–Crippen MR) is 112 cm³/mol. The van der Waals surface area contributed by atoms with Gasteiger partial charge in [0.15, 0.2) is 0 Å². The number of hydrogen-bond donors (Lipinski definition) is 0. The van der Waals surface area contributed by atoms with Crippen molar-refractivity contribution in [1.29, 1.82) is 0 Å². The highest BCUT2D eigenvalue weighted by Gasteiger charge is 2.36. The highest BCUT2D eigenvalue weighted by Crippen LogP contribution is 2.32. The van der Waals surface area contributed by atoms with Crippen molar-refractivity contribution in [3.05, 3.63) is 48.2 Å². The fourth-order valence-electron chi connectivity index (χ4n) is 3.94. The summed E-state index contributed by atoms with van der Waals surface area (Å²) in [5, 5.41) is 0. The molecule has 11 heteroatoms. The number of para-hydroxylation sites is 2. The van der Waals surface area contributed by atoms with Gasteiger partial charge in [0.05, 0.1) is 24.9 Å². The van der Waals surface area contributed by atoms with E-state index in [1.54, 1.807) is 21.9 Å². The third-order valence-electron chi connectivity index (χ3n) is 5.64. The Morgan fingerprint density at radius 3 is 2.73 bits per heavy atom. The van der Waals surface area contributed by atoms with Crippen LogP contribution < -0.4 is 14.4 Å². The van der Waals surface area contributed by atoms with E-state index in [0.29, 0.717) is 37.5 Å². The van der Waals surface area contributed by atoms with Crippen LogP contribution in [0.15, 0.2) is 42.6 Å². The number of anilines is 1. The quantitative estimate of drug-likeness (QED) is 0.657. The maximum atomic E-state index is 12.9. The molecule has 1 aromatic heterocycles. The van der Waals surface area contributed by atoms with Crippen molar-refractivity contribution in [3.8, 4) is 11.6 Å². The van der Waals surface area contributed by atoms with E-state index in [9.17, 15) is 22.8 Å². The van der Waals surface area contributed by atoms with Gasteiger partial charge in [0.2, 0.25) is 11.8 Å². The largest absolute Gasteiger partial charge is 0.495 e. The zero-order chi connectivity index (χ0) is 23.6. The van der Waals surface area contributed by atoms with Gasteiger partial charge in [-0.3, -0.25) is 9.69 Å². The lowest BCUT2D eigenvalue weighted by molar-refractivity contribution is -0.137. The summed E-state index contributed by atoms with van der Waals surface area (Å²) in [5.41, 5.74) is -0.200. The summed E-state index contributed by atoms with van der Waals surface area (Å²) < 4.78 is 49.5. The first-order valence-corrected chi connectivity index (χ1v) is 10.4. The second-order valence-electron chi connectivity index (χ2n) is 7.78. The number of amides is 3. The zero-order valence-electron chi connectivity index (χ0n) is 17.9. The van der Waals surface area contributed by atoms with Crippen LogP contribution in [0.3, 0.4) is 0 Å². The fraction of sp³-hybridized carbons (Fsp3) is 0.409. The third kappa shape index (κ3) is 4.96. The van der Waals surface area contributed by atoms with Gasteiger partial charge in [-0.25, -0.2) is 9.78 Å². The molecule has 2 aliphatic rings. The van der Waals surface area contributed by atoms with E-state index in [2.05, 4.69) is 4.98 Å². The number of carbonyl (C=O) groups excluding carboxylic acids is 2. The second kappa shape index (κ2) is 9.16. The number of pyridine rings is 1. The molecule has 0 radical (unpaired) electrons. The molecule has 4 rings (SSSR count). The first kappa shape index (κ1) is 22.7. The molecular weight excluding hydrogens is 441 g/mol. The first-order valence-electron chi connectivity index (χ1n) is 10.4. The van der Waals surface area contributed by atoms with E-state index in [4.69, 9.17) is 9.47 Å². The van der Waals surface area contributed by atoms with Gasteiger partial charge in [-0.2, -0.15) is 13.2 Å². The molecule has 0 aliphatic carbocycles. The molecule has 2 fully saturated rings. The molecule has 1 unspecified atom stereocenters. The van der Waals surface area contributed by atoms with Crippen LogP contribution in [0.2, 0.25) is 0 Å². The molecular formula is C22H23F3N4O4. The second-order valence-corrected chi connectivity index (χ2v) is 7.78. The molecule has 2 aliphatic heterocycles. The van der Waals surface area contributed by atoms with Gasteiger partial charge >= 0.3 is 12.2 Å². The Labute approximate surface area is 188 Å². The monoisotopic (exact) mass is 464 g/mol. The molecule has 0 saturated carbocycles. The Balaban J connectivity index is 1.32. The van der Waals surface area contributed by atoms with Crippen molar-refractivity contribution in [2.75, 3.05) is 44.7 Å². The maximum Gasteiger partial charge on any atom is 0.416 e. The predicted octanol–water partition coefficient (Wildman–Crippen LogP) is 3.03. The molecule has 2 saturated heterocycles. The van der Waals surface area contributed by atoms with E-state index in [1.165, 1.54) is 12.0 Å². The minimum absolute atomic E-state index is 0.0843. The SMILES string of the molecule is COc1ccccc1N1CCN(CC(=O)N2CCC(Oc3cc(C(F)(F)F)ccn3)C2)C1=O. The maximum absolute atomic E-state index is 12.9. The van der Waals surface area contributed by atoms with Crippen molar-refractivity contribution in [2.24, 2.45) is 0 Å². The number of benzene rings is 1. The summed E-state index contributed by atoms with van der Waals surface area (Å²) >= 11 is 0. The minimum atomic E-state index is -4.49. The number of urea groups is 1. The van der Waals surface area contributed by atoms with Crippen LogP contribution in [0.5, 0.6) is 11.6 Å². The van der Waals surface area contributed by atoms with E-state index in [-0.39, 0.29) is 30.9 Å². The summed E-state index contributed by atoms with van der Waals surface area (Å²) in [4.78, 5) is 34.0. The molecule has 1 aromatic carbocycles. The van der Waals surface area contributed by atoms with Gasteiger partial charge in [0, 0.05) is 38.3 Å². The topological polar surface area (TPSA) is 75.2 Å². The Hall–Kier alpha value is -3.50. The summed E-state index contributed by atoms with van der Waals surface area (Å²) in [6.07, 6.45) is -3.45. The van der Waals surface area contributed by atoms with E-state index in [0.717, 1.165) is 18.3 Å². The average molecular weight is 464 g/mol. The van der Waals surface area contributed by atoms with Crippen LogP contribution in [0.1, 0.15) is 12.0 Å². The Morgan fingerprint density at radius 2 is 1.97 bits per heavy atom. The Kier molecular flexibility index (Phi) is 6.30. The van der Waals surface area contributed by atoms with Crippen LogP contribution >= 0.6 is 0 Å². The molecule has 2 aromatic rings. The van der Waals surface area contributed by atoms with Gasteiger partial charge < -0.3 is 19.3 Å². The van der Waals surface area contributed by atoms with Crippen LogP contribution in [-0.2, 0) is 11.0 Å². The van der Waals surface area contributed by atoms with Gasteiger partial charge in [-0.15, -0.1) is 0 Å². The lowest BCUT2D eigenvalue weighted by Gasteiger charge is -2.22. The molecule has 0 spiro atoms. The zero-order valence-corrected chi connectivity index (χ0v) is 17.9. The summed E-state index contributed by atoms with van der Waals surface area (Å²) in [6, 6.07) is 8.60. The number of methoxy groups -OCH3 is 1. The molecule has 8 nitrogen and oxygen atoms in total. The van der Waals surface area contributed by atoms with Gasteiger partial charge in [-0.05, 0) is 18.2 Å². The fourth-order valence-corrected chi connectivity index (χ4v) is 3.94. The number of hydrogen-bond acceptors (Lipinski definition) is 5. The van der Waals surface area contributed by atoms with Gasteiger partial charge in [0.1, 0.15) is 18.4 Å². The molecule has 3 heterocycles. The third-order valence-corrected chi connectivity index (χ3v) is 5.64. The highest BCUT2D eigenvalue weighted by atomic mass is 19.4. The number of alkyl halides is 3. The van der Waals surface area contributed by atoms with Crippen molar-refractivity contribution in [3.63, 3.8) is 0 Å². The average Bonchev–Trinajstić information content (AvgIpc) is 3.40. The molecule has 0 N–H and O–H groups in total. The standard InChI is InChI=1S/C22H23F3N4O4/c1-32-18-5-3-2-4-17(18)29-11-10-28(21(29)31)14-20(30)27-9-7-16(13-27)33-19-12-15(6-8-26-19)22(23,24)25/h2-6,8,12,16H,7,9-11,13-14H2,1H3. The Bertz CT molecular complexity index is 1030. The molecule has 0 bridgehead atoms. The Morgan fingerprint density at radius 1 is 1.18 bits per heavy atom. The number of likely N-dealkylation sites (tertiary alicyclic amines) is 1. The molecule has 3 amide bonds. The molecule has 33 heavy (non-hydrogen) atoms. The van der Waals surface area contributed by atoms with Crippen molar-refractivity contribution < 1.29 is 32.2 Å². The first-order chi connectivity index (χ1) is 15.8. The summed E-state index contributed by atoms with van der Waals surface area (Å²) in [7, 11) is 1.53. The summed E-state index contributed by atoms with van der Waals surface area (Å²) in [5.74, 6) is 0.196. The van der Waals surface area contributed by atoms with Gasteiger partial charge in [-0.1, -0.05) is 12.1 Å². The number of halogens is 3. The van der Waals surface area contributed by atoms with Crippen LogP contribution in [0, 0.1) is 0 Å². The number of ether oxygens (including phenoxy) is 2. The minimum Gasteiger partial charge on any atom is -0.495 e. The van der Waals surface area contributed by atoms with E-state index in [1.807, 2.05) is 12.1 Å². The van der Waals surface area contributed by atoms with Crippen molar-refractivity contribution in [1.82, 2.24) is 14.8 Å².